The Balaban J connectivity index is 1.25. The Morgan fingerprint density at radius 2 is 1.72 bits per heavy atom. The van der Waals surface area contributed by atoms with Gasteiger partial charge in [-0.1, -0.05) is 53.8 Å². The Labute approximate surface area is 268 Å². The number of fused-ring (bicyclic) bond motifs is 3. The number of aromatic nitrogens is 1. The molecule has 0 saturated heterocycles. The van der Waals surface area contributed by atoms with E-state index in [4.69, 9.17) is 19.2 Å². The van der Waals surface area contributed by atoms with Gasteiger partial charge in [0.2, 0.25) is 0 Å². The molecule has 0 fully saturated rings. The molecule has 5 aromatic rings. The molecule has 230 valence electrons. The summed E-state index contributed by atoms with van der Waals surface area (Å²) in [5, 5.41) is 10.9. The molecule has 0 saturated carbocycles. The molecule has 0 N–H and O–H groups in total. The van der Waals surface area contributed by atoms with Crippen molar-refractivity contribution in [2.75, 3.05) is 14.2 Å². The molecule has 2 heterocycles. The number of rotatable bonds is 8. The van der Waals surface area contributed by atoms with Gasteiger partial charge in [-0.3, -0.25) is 19.5 Å². The quantitative estimate of drug-likeness (QED) is 0.158. The number of nitro groups is 1. The van der Waals surface area contributed by atoms with Crippen molar-refractivity contribution < 1.29 is 19.1 Å². The number of nitrogens with zero attached hydrogens (tertiary/aromatic N) is 3. The lowest BCUT2D eigenvalue weighted by Gasteiger charge is -2.31. The Morgan fingerprint density at radius 3 is 2.46 bits per heavy atom. The summed E-state index contributed by atoms with van der Waals surface area (Å²) >= 11 is 1.38. The molecule has 46 heavy (non-hydrogen) atoms. The maximum absolute atomic E-state index is 14.1. The molecule has 10 heteroatoms. The molecule has 1 atom stereocenters. The second kappa shape index (κ2) is 12.1. The monoisotopic (exact) mass is 631 g/mol. The highest BCUT2D eigenvalue weighted by Crippen LogP contribution is 2.42. The fourth-order valence-electron chi connectivity index (χ4n) is 6.04. The zero-order valence-electron chi connectivity index (χ0n) is 25.1. The van der Waals surface area contributed by atoms with Crippen LogP contribution in [0, 0.1) is 10.1 Å². The van der Waals surface area contributed by atoms with Crippen molar-refractivity contribution in [1.82, 2.24) is 4.57 Å². The third-order valence-electron chi connectivity index (χ3n) is 8.33. The smallest absolute Gasteiger partial charge is 0.271 e. The van der Waals surface area contributed by atoms with Gasteiger partial charge in [0.1, 0.15) is 12.4 Å². The number of hydrogen-bond acceptors (Lipinski definition) is 8. The van der Waals surface area contributed by atoms with Crippen molar-refractivity contribution in [3.8, 4) is 17.2 Å². The third kappa shape index (κ3) is 5.37. The van der Waals surface area contributed by atoms with Crippen LogP contribution in [0.15, 0.2) is 106 Å². The predicted octanol–water partition coefficient (Wildman–Crippen LogP) is 5.82. The van der Waals surface area contributed by atoms with Gasteiger partial charge in [-0.05, 0) is 83.1 Å². The highest BCUT2D eigenvalue weighted by molar-refractivity contribution is 7.07. The number of non-ortho nitro benzene ring substituents is 1. The lowest BCUT2D eigenvalue weighted by Crippen LogP contribution is -2.38. The Hall–Kier alpha value is -5.48. The standard InChI is InChI=1S/C36H29N3O6S/c1-43-30-18-12-25(20-31(30)44-2)34-29-17-11-24-5-3-4-6-28(24)33(29)37-36-38(34)35(40)32(46-36)19-22-9-15-27(16-10-22)45-21-23-7-13-26(14-8-23)39(41)42/h3-10,12-16,18-20,34H,11,17,21H2,1-2H3/b32-19-/t34-/m1/s1. The van der Waals surface area contributed by atoms with Crippen LogP contribution in [-0.2, 0) is 13.0 Å². The first-order valence-electron chi connectivity index (χ1n) is 14.7. The Bertz CT molecular complexity index is 2180. The van der Waals surface area contributed by atoms with E-state index < -0.39 is 4.92 Å². The van der Waals surface area contributed by atoms with Gasteiger partial charge in [-0.15, -0.1) is 0 Å². The first-order chi connectivity index (χ1) is 22.4. The minimum atomic E-state index is -0.427. The molecular formula is C36H29N3O6S. The van der Waals surface area contributed by atoms with Crippen LogP contribution in [0.1, 0.15) is 40.3 Å². The number of ether oxygens (including phenoxy) is 3. The van der Waals surface area contributed by atoms with Gasteiger partial charge in [-0.25, -0.2) is 4.99 Å². The molecule has 4 aromatic carbocycles. The van der Waals surface area contributed by atoms with Gasteiger partial charge in [0.05, 0.1) is 35.4 Å². The van der Waals surface area contributed by atoms with E-state index >= 15 is 0 Å². The molecule has 1 aromatic heterocycles. The molecule has 1 aliphatic carbocycles. The van der Waals surface area contributed by atoms with Gasteiger partial charge in [0, 0.05) is 17.7 Å². The van der Waals surface area contributed by atoms with Gasteiger partial charge in [-0.2, -0.15) is 0 Å². The minimum Gasteiger partial charge on any atom is -0.493 e. The van der Waals surface area contributed by atoms with Crippen LogP contribution in [0.3, 0.4) is 0 Å². The molecule has 7 rings (SSSR count). The van der Waals surface area contributed by atoms with Crippen LogP contribution in [0.25, 0.3) is 11.8 Å². The molecule has 0 radical (unpaired) electrons. The second-order valence-electron chi connectivity index (χ2n) is 11.0. The van der Waals surface area contributed by atoms with Crippen LogP contribution in [-0.4, -0.2) is 23.7 Å². The molecular weight excluding hydrogens is 602 g/mol. The number of thiazole rings is 1. The zero-order chi connectivity index (χ0) is 31.8. The fraction of sp³-hybridized carbons (Fsp3) is 0.167. The number of methoxy groups -OCH3 is 2. The summed E-state index contributed by atoms with van der Waals surface area (Å²) in [6.07, 6.45) is 3.55. The van der Waals surface area contributed by atoms with Crippen molar-refractivity contribution in [2.24, 2.45) is 4.99 Å². The first kappa shape index (κ1) is 29.2. The SMILES string of the molecule is COc1ccc([C@@H]2C3=C(N=c4s/c(=C\c5ccc(OCc6ccc([N+](=O)[O-])cc6)cc5)c(=O)n42)c2ccccc2CC3)cc1OC. The molecule has 0 amide bonds. The largest absolute Gasteiger partial charge is 0.493 e. The van der Waals surface area contributed by atoms with Crippen molar-refractivity contribution in [1.29, 1.82) is 0 Å². The predicted molar refractivity (Wildman–Crippen MR) is 176 cm³/mol. The summed E-state index contributed by atoms with van der Waals surface area (Å²) in [6.45, 7) is 0.278. The summed E-state index contributed by atoms with van der Waals surface area (Å²) in [7, 11) is 3.22. The normalized spacial score (nSPS) is 15.3. The molecule has 1 aliphatic heterocycles. The van der Waals surface area contributed by atoms with Gasteiger partial charge < -0.3 is 14.2 Å². The van der Waals surface area contributed by atoms with Crippen molar-refractivity contribution >= 4 is 28.8 Å². The Morgan fingerprint density at radius 1 is 0.957 bits per heavy atom. The van der Waals surface area contributed by atoms with Gasteiger partial charge in [0.15, 0.2) is 16.3 Å². The topological polar surface area (TPSA) is 105 Å². The number of allylic oxidation sites excluding steroid dienone is 1. The van der Waals surface area contributed by atoms with E-state index in [2.05, 4.69) is 18.2 Å². The Kier molecular flexibility index (Phi) is 7.71. The highest BCUT2D eigenvalue weighted by Gasteiger charge is 2.33. The van der Waals surface area contributed by atoms with E-state index in [1.807, 2.05) is 59.2 Å². The van der Waals surface area contributed by atoms with E-state index in [0.717, 1.165) is 46.4 Å². The highest BCUT2D eigenvalue weighted by atomic mass is 32.1. The van der Waals surface area contributed by atoms with E-state index in [-0.39, 0.29) is 23.9 Å². The zero-order valence-corrected chi connectivity index (χ0v) is 26.0. The number of nitro benzene ring substituents is 1. The van der Waals surface area contributed by atoms with Crippen LogP contribution < -0.4 is 29.1 Å². The van der Waals surface area contributed by atoms with Gasteiger partial charge >= 0.3 is 0 Å². The number of aryl methyl sites for hydroxylation is 1. The van der Waals surface area contributed by atoms with Crippen molar-refractivity contribution in [2.45, 2.75) is 25.5 Å². The van der Waals surface area contributed by atoms with Crippen molar-refractivity contribution in [3.05, 3.63) is 154 Å². The molecule has 0 bridgehead atoms. The van der Waals surface area contributed by atoms with E-state index in [1.165, 1.54) is 29.0 Å². The summed E-state index contributed by atoms with van der Waals surface area (Å²) < 4.78 is 19.4. The third-order valence-corrected chi connectivity index (χ3v) is 9.31. The summed E-state index contributed by atoms with van der Waals surface area (Å²) in [5.41, 5.74) is 6.95. The molecule has 9 nitrogen and oxygen atoms in total. The summed E-state index contributed by atoms with van der Waals surface area (Å²) in [6, 6.07) is 27.6. The maximum Gasteiger partial charge on any atom is 0.271 e. The molecule has 2 aliphatic rings. The van der Waals surface area contributed by atoms with E-state index in [0.29, 0.717) is 26.6 Å². The number of benzene rings is 4. The van der Waals surface area contributed by atoms with Crippen molar-refractivity contribution in [3.63, 3.8) is 0 Å². The number of hydrogen-bond donors (Lipinski definition) is 0. The van der Waals surface area contributed by atoms with Crippen LogP contribution >= 0.6 is 11.3 Å². The maximum atomic E-state index is 14.1. The van der Waals surface area contributed by atoms with Gasteiger partial charge in [0.25, 0.3) is 11.2 Å². The lowest BCUT2D eigenvalue weighted by molar-refractivity contribution is -0.384. The molecule has 0 spiro atoms. The average Bonchev–Trinajstić information content (AvgIpc) is 3.40. The van der Waals surface area contributed by atoms with E-state index in [9.17, 15) is 14.9 Å². The minimum absolute atomic E-state index is 0.0402. The van der Waals surface area contributed by atoms with Crippen LogP contribution in [0.4, 0.5) is 5.69 Å². The van der Waals surface area contributed by atoms with Crippen LogP contribution in [0.5, 0.6) is 17.2 Å². The fourth-order valence-corrected chi connectivity index (χ4v) is 7.04. The summed E-state index contributed by atoms with van der Waals surface area (Å²) in [5.74, 6) is 1.88. The van der Waals surface area contributed by atoms with Crippen LogP contribution in [0.2, 0.25) is 0 Å². The summed E-state index contributed by atoms with van der Waals surface area (Å²) in [4.78, 5) is 30.3. The van der Waals surface area contributed by atoms with E-state index in [1.54, 1.807) is 26.4 Å². The lowest BCUT2D eigenvalue weighted by atomic mass is 9.83. The average molecular weight is 632 g/mol. The molecule has 0 unspecified atom stereocenters. The first-order valence-corrected chi connectivity index (χ1v) is 15.6. The second-order valence-corrected chi connectivity index (χ2v) is 12.0.